The van der Waals surface area contributed by atoms with Crippen LogP contribution >= 0.6 is 15.9 Å². The van der Waals surface area contributed by atoms with Crippen molar-refractivity contribution in [3.63, 3.8) is 0 Å². The normalized spacial score (nSPS) is 12.3. The molecule has 0 aromatic rings. The van der Waals surface area contributed by atoms with E-state index in [2.05, 4.69) is 32.7 Å². The number of rotatable bonds is 2. The van der Waals surface area contributed by atoms with E-state index in [-0.39, 0.29) is 5.84 Å². The Morgan fingerprint density at radius 1 is 1.78 bits per heavy atom. The first-order chi connectivity index (χ1) is 4.16. The summed E-state index contributed by atoms with van der Waals surface area (Å²) in [6.45, 7) is 3.39. The fourth-order valence-electron chi connectivity index (χ4n) is 0.162. The maximum Gasteiger partial charge on any atom is 0.181 e. The van der Waals surface area contributed by atoms with Crippen molar-refractivity contribution in [1.29, 1.82) is 0 Å². The number of oxime groups is 1. The van der Waals surface area contributed by atoms with Crippen LogP contribution in [-0.4, -0.2) is 17.3 Å². The maximum atomic E-state index is 7.97. The molecule has 0 saturated carbocycles. The molecule has 0 radical (unpaired) electrons. The van der Waals surface area contributed by atoms with E-state index in [1.807, 2.05) is 0 Å². The van der Waals surface area contributed by atoms with Crippen LogP contribution in [0.3, 0.4) is 0 Å². The smallest absolute Gasteiger partial charge is 0.181 e. The molecule has 0 bridgehead atoms. The van der Waals surface area contributed by atoms with E-state index in [1.165, 1.54) is 6.21 Å². The Labute approximate surface area is 60.9 Å². The fraction of sp³-hybridized carbons (Fsp3) is 0. The lowest BCUT2D eigenvalue weighted by molar-refractivity contribution is 0.319. The Balaban J connectivity index is 3.86. The van der Waals surface area contributed by atoms with Crippen molar-refractivity contribution in [2.24, 2.45) is 15.9 Å². The molecule has 9 heavy (non-hydrogen) atoms. The van der Waals surface area contributed by atoms with Crippen LogP contribution < -0.4 is 5.73 Å². The van der Waals surface area contributed by atoms with Crippen LogP contribution in [0, 0.1) is 0 Å². The number of nitrogens with two attached hydrogens (primary N) is 1. The van der Waals surface area contributed by atoms with Gasteiger partial charge in [-0.1, -0.05) is 11.7 Å². The third-order valence-corrected chi connectivity index (χ3v) is 0.657. The molecular formula is C4H6BrN3O. The summed E-state index contributed by atoms with van der Waals surface area (Å²) < 4.78 is 0.425. The fourth-order valence-corrected chi connectivity index (χ4v) is 0.264. The zero-order valence-electron chi connectivity index (χ0n) is 4.58. The van der Waals surface area contributed by atoms with Crippen molar-refractivity contribution in [1.82, 2.24) is 0 Å². The molecule has 0 aromatic heterocycles. The van der Waals surface area contributed by atoms with Gasteiger partial charge in [0.25, 0.3) is 0 Å². The molecule has 0 unspecified atom stereocenters. The van der Waals surface area contributed by atoms with Gasteiger partial charge in [-0.15, -0.1) is 0 Å². The minimum absolute atomic E-state index is 0.0596. The summed E-state index contributed by atoms with van der Waals surface area (Å²) in [5.41, 5.74) is 5.01. The molecule has 0 aromatic carbocycles. The number of aliphatic imine (C=N–C) groups is 1. The number of amidine groups is 1. The van der Waals surface area contributed by atoms with Crippen molar-refractivity contribution < 1.29 is 5.21 Å². The lowest BCUT2D eigenvalue weighted by Gasteiger charge is -1.83. The summed E-state index contributed by atoms with van der Waals surface area (Å²) in [6, 6.07) is 0. The highest BCUT2D eigenvalue weighted by Gasteiger charge is 1.82. The molecule has 0 aliphatic rings. The van der Waals surface area contributed by atoms with Crippen LogP contribution in [0.1, 0.15) is 0 Å². The minimum Gasteiger partial charge on any atom is -0.409 e. The van der Waals surface area contributed by atoms with E-state index < -0.39 is 0 Å². The summed E-state index contributed by atoms with van der Waals surface area (Å²) in [5, 5.41) is 10.6. The van der Waals surface area contributed by atoms with Gasteiger partial charge in [0.1, 0.15) is 0 Å². The molecular weight excluding hydrogens is 186 g/mol. The highest BCUT2D eigenvalue weighted by molar-refractivity contribution is 9.11. The van der Waals surface area contributed by atoms with E-state index in [9.17, 15) is 0 Å². The molecule has 50 valence electrons. The predicted molar refractivity (Wildman–Crippen MR) is 40.0 cm³/mol. The molecule has 0 atom stereocenters. The summed E-state index contributed by atoms with van der Waals surface area (Å²) >= 11 is 2.95. The van der Waals surface area contributed by atoms with Crippen LogP contribution in [0.15, 0.2) is 21.3 Å². The Morgan fingerprint density at radius 2 is 2.33 bits per heavy atom. The Bertz CT molecular complexity index is 163. The van der Waals surface area contributed by atoms with Crippen LogP contribution in [0.25, 0.3) is 0 Å². The second-order valence-corrected chi connectivity index (χ2v) is 2.07. The van der Waals surface area contributed by atoms with Crippen molar-refractivity contribution >= 4 is 28.0 Å². The largest absolute Gasteiger partial charge is 0.409 e. The zero-order chi connectivity index (χ0) is 7.28. The molecule has 0 aliphatic heterocycles. The van der Waals surface area contributed by atoms with Crippen molar-refractivity contribution in [2.45, 2.75) is 0 Å². The van der Waals surface area contributed by atoms with Gasteiger partial charge < -0.3 is 10.9 Å². The maximum absolute atomic E-state index is 7.97. The first-order valence-electron chi connectivity index (χ1n) is 2.03. The zero-order valence-corrected chi connectivity index (χ0v) is 6.17. The standard InChI is InChI=1S/C4H6BrN3O/c1-3(5)7-2-4(6)8-9/h2,9H,1H2,(H2,6,8). The third-order valence-electron chi connectivity index (χ3n) is 0.452. The quantitative estimate of drug-likeness (QED) is 0.222. The van der Waals surface area contributed by atoms with E-state index in [1.54, 1.807) is 0 Å². The van der Waals surface area contributed by atoms with Crippen molar-refractivity contribution in [3.8, 4) is 0 Å². The highest BCUT2D eigenvalue weighted by Crippen LogP contribution is 1.98. The van der Waals surface area contributed by atoms with Gasteiger partial charge >= 0.3 is 0 Å². The van der Waals surface area contributed by atoms with Gasteiger partial charge in [0.2, 0.25) is 0 Å². The minimum atomic E-state index is -0.0596. The topological polar surface area (TPSA) is 71.0 Å². The average Bonchev–Trinajstić information content (AvgIpc) is 1.83. The molecule has 0 heterocycles. The molecule has 0 saturated heterocycles. The van der Waals surface area contributed by atoms with Crippen LogP contribution in [0.2, 0.25) is 0 Å². The summed E-state index contributed by atoms with van der Waals surface area (Å²) in [4.78, 5) is 3.58. The molecule has 0 aliphatic carbocycles. The van der Waals surface area contributed by atoms with E-state index in [0.29, 0.717) is 4.61 Å². The first-order valence-corrected chi connectivity index (χ1v) is 2.82. The van der Waals surface area contributed by atoms with Crippen LogP contribution in [0.5, 0.6) is 0 Å². The third kappa shape index (κ3) is 5.02. The SMILES string of the molecule is C=C(Br)N=CC(N)=NO. The van der Waals surface area contributed by atoms with Gasteiger partial charge in [-0.05, 0) is 15.9 Å². The molecule has 0 amide bonds. The summed E-state index contributed by atoms with van der Waals surface area (Å²) in [5.74, 6) is -0.0596. The summed E-state index contributed by atoms with van der Waals surface area (Å²) in [7, 11) is 0. The van der Waals surface area contributed by atoms with Gasteiger partial charge in [-0.3, -0.25) is 0 Å². The predicted octanol–water partition coefficient (Wildman–Crippen LogP) is 0.670. The van der Waals surface area contributed by atoms with Gasteiger partial charge in [0.05, 0.1) is 10.8 Å². The van der Waals surface area contributed by atoms with E-state index in [0.717, 1.165) is 0 Å². The summed E-state index contributed by atoms with van der Waals surface area (Å²) in [6.07, 6.45) is 1.18. The molecule has 0 rings (SSSR count). The molecule has 5 heteroatoms. The Kier molecular flexibility index (Phi) is 3.70. The van der Waals surface area contributed by atoms with Gasteiger partial charge in [-0.2, -0.15) is 0 Å². The highest BCUT2D eigenvalue weighted by atomic mass is 79.9. The number of nitrogens with zero attached hydrogens (tertiary/aromatic N) is 2. The Hall–Kier alpha value is -0.840. The first kappa shape index (κ1) is 8.16. The second-order valence-electron chi connectivity index (χ2n) is 1.16. The number of halogens is 1. The molecule has 0 fully saturated rings. The van der Waals surface area contributed by atoms with Crippen molar-refractivity contribution in [3.05, 3.63) is 11.2 Å². The Morgan fingerprint density at radius 3 is 2.67 bits per heavy atom. The number of hydrogen-bond acceptors (Lipinski definition) is 3. The van der Waals surface area contributed by atoms with Gasteiger partial charge in [-0.25, -0.2) is 4.99 Å². The molecule has 0 spiro atoms. The lowest BCUT2D eigenvalue weighted by atomic mass is 10.7. The molecule has 4 nitrogen and oxygen atoms in total. The lowest BCUT2D eigenvalue weighted by Crippen LogP contribution is -2.12. The van der Waals surface area contributed by atoms with E-state index >= 15 is 0 Å². The van der Waals surface area contributed by atoms with Crippen LogP contribution in [0.4, 0.5) is 0 Å². The van der Waals surface area contributed by atoms with E-state index in [4.69, 9.17) is 10.9 Å². The van der Waals surface area contributed by atoms with Gasteiger partial charge in [0, 0.05) is 0 Å². The average molecular weight is 192 g/mol. The van der Waals surface area contributed by atoms with Crippen molar-refractivity contribution in [2.75, 3.05) is 0 Å². The monoisotopic (exact) mass is 191 g/mol. The molecule has 3 N–H and O–H groups in total. The second kappa shape index (κ2) is 4.08. The van der Waals surface area contributed by atoms with Crippen LogP contribution in [-0.2, 0) is 0 Å². The number of hydrogen-bond donors (Lipinski definition) is 2. The van der Waals surface area contributed by atoms with Gasteiger partial charge in [0.15, 0.2) is 5.84 Å².